The van der Waals surface area contributed by atoms with E-state index in [1.54, 1.807) is 19.9 Å². The molecule has 1 aliphatic carbocycles. The predicted molar refractivity (Wildman–Crippen MR) is 136 cm³/mol. The quantitative estimate of drug-likeness (QED) is 0.527. The molecule has 0 amide bonds. The molecule has 2 aromatic heterocycles. The van der Waals surface area contributed by atoms with Crippen LogP contribution in [0.1, 0.15) is 56.3 Å². The SMILES string of the molecule is C/C=c1/c(=O)n(-c2ccc(P(F)F)cc2)c(C)n/c1=C/CC1CC(C)(c2nc3c(o2)CCC=C3)ON1. The molecule has 10 heteroatoms. The van der Waals surface area contributed by atoms with Crippen LogP contribution in [0.4, 0.5) is 8.39 Å². The Hall–Kier alpha value is -3.00. The number of oxazole rings is 1. The van der Waals surface area contributed by atoms with Crippen LogP contribution in [0.5, 0.6) is 0 Å². The van der Waals surface area contributed by atoms with E-state index in [1.807, 2.05) is 19.1 Å². The number of halogens is 2. The molecule has 0 radical (unpaired) electrons. The summed E-state index contributed by atoms with van der Waals surface area (Å²) in [5.41, 5.74) is 3.52. The molecule has 2 atom stereocenters. The van der Waals surface area contributed by atoms with E-state index in [1.165, 1.54) is 28.8 Å². The predicted octanol–water partition coefficient (Wildman–Crippen LogP) is 3.54. The molecule has 5 rings (SSSR count). The van der Waals surface area contributed by atoms with Crippen molar-refractivity contribution in [2.45, 2.75) is 58.1 Å². The van der Waals surface area contributed by atoms with Gasteiger partial charge in [0.2, 0.25) is 5.89 Å². The smallest absolute Gasteiger partial charge is 0.298 e. The van der Waals surface area contributed by atoms with Crippen LogP contribution in [0, 0.1) is 6.92 Å². The molecule has 0 spiro atoms. The summed E-state index contributed by atoms with van der Waals surface area (Å²) in [4.78, 5) is 28.5. The first-order chi connectivity index (χ1) is 17.3. The van der Waals surface area contributed by atoms with E-state index in [0.29, 0.717) is 40.8 Å². The van der Waals surface area contributed by atoms with Crippen molar-refractivity contribution in [2.75, 3.05) is 0 Å². The summed E-state index contributed by atoms with van der Waals surface area (Å²) in [6.45, 7) is 5.47. The summed E-state index contributed by atoms with van der Waals surface area (Å²) in [6.07, 6.45) is 10.7. The Labute approximate surface area is 208 Å². The second kappa shape index (κ2) is 9.81. The van der Waals surface area contributed by atoms with Gasteiger partial charge in [0.15, 0.2) is 5.60 Å². The minimum atomic E-state index is -3.18. The van der Waals surface area contributed by atoms with E-state index in [0.717, 1.165) is 24.3 Å². The van der Waals surface area contributed by atoms with Gasteiger partial charge in [-0.25, -0.2) is 9.97 Å². The van der Waals surface area contributed by atoms with Crippen LogP contribution in [0.2, 0.25) is 0 Å². The number of hydroxylamine groups is 1. The normalized spacial score (nSPS) is 22.6. The minimum absolute atomic E-state index is 0.0208. The van der Waals surface area contributed by atoms with Crippen molar-refractivity contribution in [3.8, 4) is 5.69 Å². The van der Waals surface area contributed by atoms with Gasteiger partial charge in [-0.3, -0.25) is 14.2 Å². The molecule has 188 valence electrons. The first-order valence-corrected chi connectivity index (χ1v) is 13.0. The molecule has 1 saturated heterocycles. The standard InChI is InChI=1S/C26H27F2N4O3P/c1-4-20-21(29-16(2)32(24(20)33)18-10-12-19(13-11-18)36(27)28)14-9-17-15-26(3,35-31-17)25-30-22-7-5-6-8-23(22)34-25/h4-5,7,10-14,17,31H,6,8-9,15H2,1-3H3/b20-4+,21-14+. The second-order valence-electron chi connectivity index (χ2n) is 9.20. The number of aromatic nitrogens is 3. The van der Waals surface area contributed by atoms with Gasteiger partial charge in [0.05, 0.1) is 16.3 Å². The molecule has 2 aliphatic rings. The first kappa shape index (κ1) is 24.7. The molecule has 3 heterocycles. The molecule has 1 aliphatic heterocycles. The lowest BCUT2D eigenvalue weighted by Crippen LogP contribution is -2.47. The third-order valence-electron chi connectivity index (χ3n) is 6.58. The molecule has 1 fully saturated rings. The molecule has 1 aromatic carbocycles. The highest BCUT2D eigenvalue weighted by Gasteiger charge is 2.42. The third-order valence-corrected chi connectivity index (χ3v) is 7.27. The second-order valence-corrected chi connectivity index (χ2v) is 10.2. The molecule has 36 heavy (non-hydrogen) atoms. The van der Waals surface area contributed by atoms with E-state index in [9.17, 15) is 13.2 Å². The molecule has 3 aromatic rings. The molecule has 1 N–H and O–H groups in total. The average molecular weight is 512 g/mol. The summed E-state index contributed by atoms with van der Waals surface area (Å²) in [5, 5.41) is 1.01. The third kappa shape index (κ3) is 4.59. The number of hydrogen-bond donors (Lipinski definition) is 1. The fourth-order valence-electron chi connectivity index (χ4n) is 4.70. The van der Waals surface area contributed by atoms with Crippen molar-refractivity contribution < 1.29 is 17.6 Å². The Balaban J connectivity index is 1.39. The Kier molecular flexibility index (Phi) is 6.72. The van der Waals surface area contributed by atoms with Crippen molar-refractivity contribution >= 4 is 32.1 Å². The van der Waals surface area contributed by atoms with Gasteiger partial charge in [-0.05, 0) is 64.0 Å². The van der Waals surface area contributed by atoms with Gasteiger partial charge in [0, 0.05) is 24.2 Å². The zero-order valence-corrected chi connectivity index (χ0v) is 21.2. The summed E-state index contributed by atoms with van der Waals surface area (Å²) in [7, 11) is -3.18. The van der Waals surface area contributed by atoms with Crippen LogP contribution in [0.15, 0.2) is 39.6 Å². The van der Waals surface area contributed by atoms with E-state index >= 15 is 0 Å². The highest BCUT2D eigenvalue weighted by molar-refractivity contribution is 7.55. The van der Waals surface area contributed by atoms with E-state index in [2.05, 4.69) is 21.5 Å². The van der Waals surface area contributed by atoms with Crippen molar-refractivity contribution in [3.05, 3.63) is 74.4 Å². The van der Waals surface area contributed by atoms with Crippen LogP contribution < -0.4 is 26.9 Å². The van der Waals surface area contributed by atoms with Gasteiger partial charge < -0.3 is 4.42 Å². The van der Waals surface area contributed by atoms with Crippen LogP contribution in [0.3, 0.4) is 0 Å². The van der Waals surface area contributed by atoms with Crippen LogP contribution >= 0.6 is 8.54 Å². The fraction of sp³-hybridized carbons (Fsp3) is 0.346. The fourth-order valence-corrected chi connectivity index (χ4v) is 5.07. The molecular weight excluding hydrogens is 485 g/mol. The highest BCUT2D eigenvalue weighted by atomic mass is 31.2. The Morgan fingerprint density at radius 2 is 2.06 bits per heavy atom. The number of rotatable bonds is 5. The summed E-state index contributed by atoms with van der Waals surface area (Å²) in [5.74, 6) is 1.93. The zero-order valence-electron chi connectivity index (χ0n) is 20.3. The number of fused-ring (bicyclic) bond motifs is 1. The molecule has 2 unspecified atom stereocenters. The summed E-state index contributed by atoms with van der Waals surface area (Å²) < 4.78 is 33.4. The molecule has 7 nitrogen and oxygen atoms in total. The Morgan fingerprint density at radius 3 is 2.75 bits per heavy atom. The van der Waals surface area contributed by atoms with E-state index in [-0.39, 0.29) is 16.9 Å². The maximum absolute atomic E-state index is 13.3. The number of allylic oxidation sites excluding steroid dienone is 1. The summed E-state index contributed by atoms with van der Waals surface area (Å²) in [6, 6.07) is 5.74. The number of benzene rings is 1. The van der Waals surface area contributed by atoms with Crippen molar-refractivity contribution in [3.63, 3.8) is 0 Å². The number of nitrogens with one attached hydrogen (secondary N) is 1. The monoisotopic (exact) mass is 512 g/mol. The Bertz CT molecular complexity index is 1500. The average Bonchev–Trinajstić information content (AvgIpc) is 3.48. The zero-order chi connectivity index (χ0) is 25.4. The first-order valence-electron chi connectivity index (χ1n) is 11.9. The van der Waals surface area contributed by atoms with Gasteiger partial charge in [0.1, 0.15) is 17.3 Å². The van der Waals surface area contributed by atoms with E-state index in [4.69, 9.17) is 9.25 Å². The maximum Gasteiger partial charge on any atom is 0.298 e. The van der Waals surface area contributed by atoms with Gasteiger partial charge >= 0.3 is 0 Å². The topological polar surface area (TPSA) is 82.2 Å². The van der Waals surface area contributed by atoms with Crippen molar-refractivity contribution in [2.24, 2.45) is 0 Å². The number of nitrogens with zero attached hydrogens (tertiary/aromatic N) is 3. The van der Waals surface area contributed by atoms with Crippen LogP contribution in [-0.4, -0.2) is 20.6 Å². The van der Waals surface area contributed by atoms with Gasteiger partial charge in [-0.2, -0.15) is 13.9 Å². The van der Waals surface area contributed by atoms with Gasteiger partial charge in [0.25, 0.3) is 14.1 Å². The molecule has 0 saturated carbocycles. The highest BCUT2D eigenvalue weighted by Crippen LogP contribution is 2.37. The lowest BCUT2D eigenvalue weighted by Gasteiger charge is -2.16. The van der Waals surface area contributed by atoms with Crippen LogP contribution in [-0.2, 0) is 16.9 Å². The van der Waals surface area contributed by atoms with Crippen molar-refractivity contribution in [1.29, 1.82) is 0 Å². The lowest BCUT2D eigenvalue weighted by molar-refractivity contribution is -0.0639. The molecular formula is C26H27F2N4O3P. The lowest BCUT2D eigenvalue weighted by atomic mass is 9.97. The summed E-state index contributed by atoms with van der Waals surface area (Å²) >= 11 is 0. The largest absolute Gasteiger partial charge is 0.442 e. The van der Waals surface area contributed by atoms with Gasteiger partial charge in [-0.15, -0.1) is 0 Å². The Morgan fingerprint density at radius 1 is 1.28 bits per heavy atom. The van der Waals surface area contributed by atoms with Crippen LogP contribution in [0.25, 0.3) is 23.9 Å². The van der Waals surface area contributed by atoms with Crippen molar-refractivity contribution in [1.82, 2.24) is 20.0 Å². The minimum Gasteiger partial charge on any atom is -0.442 e. The number of aryl methyl sites for hydroxylation is 2. The van der Waals surface area contributed by atoms with E-state index < -0.39 is 14.1 Å². The molecule has 0 bridgehead atoms. The number of hydrogen-bond acceptors (Lipinski definition) is 6. The maximum atomic E-state index is 13.3. The van der Waals surface area contributed by atoms with Gasteiger partial charge in [-0.1, -0.05) is 18.2 Å².